The molecule has 3 atom stereocenters. The molecule has 0 spiro atoms. The van der Waals surface area contributed by atoms with Crippen molar-refractivity contribution < 1.29 is 9.59 Å². The van der Waals surface area contributed by atoms with Crippen LogP contribution < -0.4 is 0 Å². The van der Waals surface area contributed by atoms with Crippen LogP contribution in [0.4, 0.5) is 0 Å². The van der Waals surface area contributed by atoms with Crippen LogP contribution in [0.2, 0.25) is 0 Å². The van der Waals surface area contributed by atoms with E-state index in [1.807, 2.05) is 24.3 Å². The SMILES string of the molecule is CC(C)=CCCC(C)=CCCC(C)=CCCC(C)=CCC1CC2=C(C(=O)c3ccccc3C2=O)[C@H]2CC12. The third kappa shape index (κ3) is 6.78. The van der Waals surface area contributed by atoms with Gasteiger partial charge in [-0.1, -0.05) is 70.9 Å². The van der Waals surface area contributed by atoms with Gasteiger partial charge in [-0.25, -0.2) is 0 Å². The molecule has 3 aliphatic rings. The highest BCUT2D eigenvalue weighted by Crippen LogP contribution is 2.58. The van der Waals surface area contributed by atoms with Gasteiger partial charge in [0.15, 0.2) is 11.6 Å². The van der Waals surface area contributed by atoms with Crippen LogP contribution in [0.5, 0.6) is 0 Å². The van der Waals surface area contributed by atoms with Crippen LogP contribution in [-0.2, 0) is 0 Å². The van der Waals surface area contributed by atoms with E-state index in [1.165, 1.54) is 22.3 Å². The molecule has 0 heterocycles. The maximum atomic E-state index is 13.2. The van der Waals surface area contributed by atoms with Crippen molar-refractivity contribution in [3.05, 3.63) is 93.1 Å². The van der Waals surface area contributed by atoms with E-state index in [2.05, 4.69) is 58.9 Å². The molecule has 1 fully saturated rings. The van der Waals surface area contributed by atoms with Gasteiger partial charge in [0.25, 0.3) is 0 Å². The standard InChI is InChI=1S/C35H44O2/c1-23(2)11-8-12-24(3)13-9-14-25(4)15-10-16-26(5)19-20-27-21-32-33(31-22-30(27)31)35(37)29-18-7-6-17-28(29)34(32)36/h6-7,11,13,15,17-19,27,30-31H,8-10,12,14,16,20-22H2,1-5H3/t27?,30?,31-/m0/s1. The zero-order chi connectivity index (χ0) is 26.5. The summed E-state index contributed by atoms with van der Waals surface area (Å²) in [6, 6.07) is 7.36. The molecule has 0 bridgehead atoms. The molecule has 0 amide bonds. The molecule has 0 aromatic heterocycles. The summed E-state index contributed by atoms with van der Waals surface area (Å²) in [5.74, 6) is 1.58. The van der Waals surface area contributed by atoms with Gasteiger partial charge in [-0.15, -0.1) is 0 Å². The number of carbonyl (C=O) groups is 2. The molecule has 4 rings (SSSR count). The van der Waals surface area contributed by atoms with Crippen LogP contribution in [0.3, 0.4) is 0 Å². The zero-order valence-electron chi connectivity index (χ0n) is 23.5. The Hall–Kier alpha value is -2.74. The fraction of sp³-hybridized carbons (Fsp3) is 0.486. The van der Waals surface area contributed by atoms with E-state index in [0.717, 1.165) is 68.9 Å². The highest BCUT2D eigenvalue weighted by atomic mass is 16.1. The molecule has 2 heteroatoms. The molecule has 0 saturated heterocycles. The molecule has 1 aromatic rings. The van der Waals surface area contributed by atoms with Crippen molar-refractivity contribution in [2.45, 2.75) is 92.4 Å². The Morgan fingerprint density at radius 2 is 1.30 bits per heavy atom. The van der Waals surface area contributed by atoms with E-state index in [4.69, 9.17) is 0 Å². The minimum Gasteiger partial charge on any atom is -0.289 e. The minimum atomic E-state index is 0.0970. The lowest BCUT2D eigenvalue weighted by molar-refractivity contribution is 0.0957. The van der Waals surface area contributed by atoms with Crippen LogP contribution in [0, 0.1) is 17.8 Å². The Morgan fingerprint density at radius 3 is 1.89 bits per heavy atom. The second-order valence-corrected chi connectivity index (χ2v) is 11.9. The largest absolute Gasteiger partial charge is 0.289 e. The molecule has 1 saturated carbocycles. The van der Waals surface area contributed by atoms with Gasteiger partial charge in [-0.2, -0.15) is 0 Å². The van der Waals surface area contributed by atoms with Crippen LogP contribution in [0.25, 0.3) is 0 Å². The highest BCUT2D eigenvalue weighted by Gasteiger charge is 2.53. The monoisotopic (exact) mass is 496 g/mol. The second kappa shape index (κ2) is 12.2. The molecular formula is C35H44O2. The minimum absolute atomic E-state index is 0.0970. The Morgan fingerprint density at radius 1 is 0.757 bits per heavy atom. The number of rotatable bonds is 11. The summed E-state index contributed by atoms with van der Waals surface area (Å²) >= 11 is 0. The van der Waals surface area contributed by atoms with Gasteiger partial charge in [0.2, 0.25) is 0 Å². The summed E-state index contributed by atoms with van der Waals surface area (Å²) in [6.07, 6.45) is 19.1. The van der Waals surface area contributed by atoms with E-state index >= 15 is 0 Å². The molecular weight excluding hydrogens is 452 g/mol. The zero-order valence-corrected chi connectivity index (χ0v) is 23.5. The number of ketones is 2. The van der Waals surface area contributed by atoms with Crippen molar-refractivity contribution in [2.75, 3.05) is 0 Å². The summed E-state index contributed by atoms with van der Waals surface area (Å²) in [5, 5.41) is 0. The lowest BCUT2D eigenvalue weighted by Crippen LogP contribution is -2.28. The molecule has 2 unspecified atom stereocenters. The summed E-state index contributed by atoms with van der Waals surface area (Å²) < 4.78 is 0. The van der Waals surface area contributed by atoms with Crippen molar-refractivity contribution in [1.82, 2.24) is 0 Å². The molecule has 0 aliphatic heterocycles. The highest BCUT2D eigenvalue weighted by molar-refractivity contribution is 6.27. The third-order valence-electron chi connectivity index (χ3n) is 8.47. The first-order chi connectivity index (χ1) is 17.8. The van der Waals surface area contributed by atoms with Crippen molar-refractivity contribution >= 4 is 11.6 Å². The van der Waals surface area contributed by atoms with Crippen molar-refractivity contribution in [2.24, 2.45) is 17.8 Å². The molecule has 1 aromatic carbocycles. The number of fused-ring (bicyclic) bond motifs is 3. The molecule has 196 valence electrons. The Labute approximate surface area is 224 Å². The molecule has 3 aliphatic carbocycles. The van der Waals surface area contributed by atoms with E-state index < -0.39 is 0 Å². The topological polar surface area (TPSA) is 34.1 Å². The smallest absolute Gasteiger partial charge is 0.190 e. The number of allylic oxidation sites excluding steroid dienone is 10. The summed E-state index contributed by atoms with van der Waals surface area (Å²) in [5.41, 5.74) is 8.70. The lowest BCUT2D eigenvalue weighted by Gasteiger charge is -2.29. The van der Waals surface area contributed by atoms with Crippen LogP contribution in [-0.4, -0.2) is 11.6 Å². The molecule has 0 N–H and O–H groups in total. The molecule has 0 radical (unpaired) electrons. The van der Waals surface area contributed by atoms with Crippen LogP contribution in [0.15, 0.2) is 82.0 Å². The van der Waals surface area contributed by atoms with E-state index in [-0.39, 0.29) is 11.6 Å². The van der Waals surface area contributed by atoms with Gasteiger partial charge in [-0.05, 0) is 110 Å². The quantitative estimate of drug-likeness (QED) is 0.286. The predicted molar refractivity (Wildman–Crippen MR) is 155 cm³/mol. The maximum Gasteiger partial charge on any atom is 0.190 e. The van der Waals surface area contributed by atoms with Crippen LogP contribution in [0.1, 0.15) is 113 Å². The Balaban J connectivity index is 1.24. The summed E-state index contributed by atoms with van der Waals surface area (Å²) in [6.45, 7) is 11.1. The number of hydrogen-bond acceptors (Lipinski definition) is 2. The summed E-state index contributed by atoms with van der Waals surface area (Å²) in [7, 11) is 0. The van der Waals surface area contributed by atoms with Gasteiger partial charge >= 0.3 is 0 Å². The summed E-state index contributed by atoms with van der Waals surface area (Å²) in [4.78, 5) is 26.3. The number of hydrogen-bond donors (Lipinski definition) is 0. The van der Waals surface area contributed by atoms with Crippen molar-refractivity contribution in [1.29, 1.82) is 0 Å². The van der Waals surface area contributed by atoms with Gasteiger partial charge in [0.1, 0.15) is 0 Å². The van der Waals surface area contributed by atoms with Gasteiger partial charge in [0.05, 0.1) is 0 Å². The predicted octanol–water partition coefficient (Wildman–Crippen LogP) is 9.55. The van der Waals surface area contributed by atoms with E-state index in [0.29, 0.717) is 28.9 Å². The normalized spacial score (nSPS) is 23.5. The fourth-order valence-corrected chi connectivity index (χ4v) is 6.12. The first kappa shape index (κ1) is 27.3. The first-order valence-corrected chi connectivity index (χ1v) is 14.3. The van der Waals surface area contributed by atoms with Crippen LogP contribution >= 0.6 is 0 Å². The van der Waals surface area contributed by atoms with E-state index in [1.54, 1.807) is 0 Å². The molecule has 2 nitrogen and oxygen atoms in total. The fourth-order valence-electron chi connectivity index (χ4n) is 6.12. The van der Waals surface area contributed by atoms with Gasteiger partial charge < -0.3 is 0 Å². The average molecular weight is 497 g/mol. The number of carbonyl (C=O) groups excluding carboxylic acids is 2. The lowest BCUT2D eigenvalue weighted by atomic mass is 9.73. The average Bonchev–Trinajstić information content (AvgIpc) is 3.66. The Kier molecular flexibility index (Phi) is 9.00. The number of benzene rings is 1. The third-order valence-corrected chi connectivity index (χ3v) is 8.47. The van der Waals surface area contributed by atoms with E-state index in [9.17, 15) is 9.59 Å². The molecule has 37 heavy (non-hydrogen) atoms. The van der Waals surface area contributed by atoms with Crippen molar-refractivity contribution in [3.8, 4) is 0 Å². The second-order valence-electron chi connectivity index (χ2n) is 11.9. The Bertz CT molecular complexity index is 1200. The van der Waals surface area contributed by atoms with Crippen molar-refractivity contribution in [3.63, 3.8) is 0 Å². The number of Topliss-reactive ketones (excluding diaryl/α,β-unsaturated/α-hetero) is 2. The first-order valence-electron chi connectivity index (χ1n) is 14.3. The van der Waals surface area contributed by atoms with Gasteiger partial charge in [0, 0.05) is 22.3 Å². The van der Waals surface area contributed by atoms with Gasteiger partial charge in [-0.3, -0.25) is 9.59 Å². The maximum absolute atomic E-state index is 13.2.